The van der Waals surface area contributed by atoms with Crippen LogP contribution in [-0.4, -0.2) is 47.1 Å². The molecule has 0 saturated carbocycles. The van der Waals surface area contributed by atoms with Crippen LogP contribution < -0.4 is 0 Å². The van der Waals surface area contributed by atoms with Crippen molar-refractivity contribution in [2.45, 2.75) is 6.42 Å². The van der Waals surface area contributed by atoms with Crippen LogP contribution in [-0.2, 0) is 11.2 Å². The number of rotatable bonds is 3. The molecule has 0 spiro atoms. The minimum Gasteiger partial charge on any atom is -0.379 e. The number of fused-ring (bicyclic) bond motifs is 1. The molecule has 0 unspecified atom stereocenters. The molecule has 0 radical (unpaired) electrons. The molecule has 25 heavy (non-hydrogen) atoms. The molecule has 6 heteroatoms. The number of amides is 1. The molecule has 1 aliphatic heterocycles. The number of carbonyl (C=O) groups is 1. The Morgan fingerprint density at radius 2 is 2.28 bits per heavy atom. The third-order valence-electron chi connectivity index (χ3n) is 4.47. The van der Waals surface area contributed by atoms with Gasteiger partial charge in [0, 0.05) is 36.0 Å². The highest BCUT2D eigenvalue weighted by Crippen LogP contribution is 2.19. The fourth-order valence-electron chi connectivity index (χ4n) is 3.25. The summed E-state index contributed by atoms with van der Waals surface area (Å²) in [6.07, 6.45) is 2.69. The lowest BCUT2D eigenvalue weighted by Crippen LogP contribution is -2.36. The molecule has 0 bridgehead atoms. The van der Waals surface area contributed by atoms with Crippen molar-refractivity contribution in [2.75, 3.05) is 26.3 Å². The second kappa shape index (κ2) is 7.29. The predicted molar refractivity (Wildman–Crippen MR) is 97.8 cm³/mol. The van der Waals surface area contributed by atoms with E-state index in [0.29, 0.717) is 32.0 Å². The van der Waals surface area contributed by atoms with Crippen molar-refractivity contribution in [1.82, 2.24) is 14.9 Å². The van der Waals surface area contributed by atoms with Crippen LogP contribution in [0, 0.1) is 5.92 Å². The SMILES string of the molecule is O=C(c1cscn1)N1CCOC[C@H](Cc2ccc3ncccc3c2)C1. The maximum absolute atomic E-state index is 12.6. The predicted octanol–water partition coefficient (Wildman–Crippen LogP) is 3.02. The fourth-order valence-corrected chi connectivity index (χ4v) is 3.78. The number of pyridine rings is 1. The molecule has 1 aliphatic rings. The molecule has 1 fully saturated rings. The number of ether oxygens (including phenoxy) is 1. The molecule has 1 atom stereocenters. The van der Waals surface area contributed by atoms with Gasteiger partial charge < -0.3 is 9.64 Å². The Morgan fingerprint density at radius 1 is 1.32 bits per heavy atom. The average molecular weight is 353 g/mol. The monoisotopic (exact) mass is 353 g/mol. The zero-order valence-corrected chi connectivity index (χ0v) is 14.6. The number of thiazole rings is 1. The van der Waals surface area contributed by atoms with E-state index < -0.39 is 0 Å². The van der Waals surface area contributed by atoms with E-state index in [1.165, 1.54) is 16.9 Å². The number of hydrogen-bond donors (Lipinski definition) is 0. The van der Waals surface area contributed by atoms with Crippen molar-refractivity contribution in [3.05, 3.63) is 58.7 Å². The summed E-state index contributed by atoms with van der Waals surface area (Å²) >= 11 is 1.45. The van der Waals surface area contributed by atoms with Crippen LogP contribution in [0.1, 0.15) is 16.1 Å². The molecule has 0 aliphatic carbocycles. The largest absolute Gasteiger partial charge is 0.379 e. The Morgan fingerprint density at radius 3 is 3.16 bits per heavy atom. The van der Waals surface area contributed by atoms with Gasteiger partial charge in [-0.05, 0) is 30.2 Å². The highest BCUT2D eigenvalue weighted by molar-refractivity contribution is 7.07. The molecular formula is C19H19N3O2S. The van der Waals surface area contributed by atoms with Crippen LogP contribution in [0.3, 0.4) is 0 Å². The van der Waals surface area contributed by atoms with Crippen LogP contribution in [0.5, 0.6) is 0 Å². The molecule has 4 rings (SSSR count). The number of aromatic nitrogens is 2. The van der Waals surface area contributed by atoms with E-state index in [1.54, 1.807) is 10.9 Å². The van der Waals surface area contributed by atoms with Crippen LogP contribution in [0.25, 0.3) is 10.9 Å². The molecule has 2 aromatic heterocycles. The van der Waals surface area contributed by atoms with Gasteiger partial charge in [0.25, 0.3) is 5.91 Å². The number of carbonyl (C=O) groups excluding carboxylic acids is 1. The van der Waals surface area contributed by atoms with Gasteiger partial charge in [0.2, 0.25) is 0 Å². The lowest BCUT2D eigenvalue weighted by molar-refractivity contribution is 0.0732. The normalized spacial score (nSPS) is 18.2. The van der Waals surface area contributed by atoms with Crippen molar-refractivity contribution >= 4 is 28.1 Å². The van der Waals surface area contributed by atoms with Gasteiger partial charge in [-0.2, -0.15) is 0 Å². The van der Waals surface area contributed by atoms with Gasteiger partial charge in [0.15, 0.2) is 0 Å². The van der Waals surface area contributed by atoms with Gasteiger partial charge in [-0.15, -0.1) is 11.3 Å². The minimum atomic E-state index is -0.000499. The van der Waals surface area contributed by atoms with Gasteiger partial charge in [-0.1, -0.05) is 12.1 Å². The van der Waals surface area contributed by atoms with Gasteiger partial charge >= 0.3 is 0 Å². The van der Waals surface area contributed by atoms with Crippen molar-refractivity contribution in [3.63, 3.8) is 0 Å². The zero-order valence-electron chi connectivity index (χ0n) is 13.8. The number of nitrogens with zero attached hydrogens (tertiary/aromatic N) is 3. The molecule has 5 nitrogen and oxygen atoms in total. The summed E-state index contributed by atoms with van der Waals surface area (Å²) in [7, 11) is 0. The molecule has 3 aromatic rings. The Hall–Kier alpha value is -2.31. The molecule has 0 N–H and O–H groups in total. The summed E-state index contributed by atoms with van der Waals surface area (Å²) in [6.45, 7) is 2.57. The fraction of sp³-hybridized carbons (Fsp3) is 0.316. The maximum atomic E-state index is 12.6. The van der Waals surface area contributed by atoms with Crippen molar-refractivity contribution in [1.29, 1.82) is 0 Å². The van der Waals surface area contributed by atoms with Gasteiger partial charge in [0.05, 0.1) is 24.2 Å². The first-order chi connectivity index (χ1) is 12.3. The average Bonchev–Trinajstić information content (AvgIpc) is 3.08. The van der Waals surface area contributed by atoms with Crippen molar-refractivity contribution < 1.29 is 9.53 Å². The highest BCUT2D eigenvalue weighted by Gasteiger charge is 2.24. The smallest absolute Gasteiger partial charge is 0.273 e. The third kappa shape index (κ3) is 3.70. The maximum Gasteiger partial charge on any atom is 0.273 e. The van der Waals surface area contributed by atoms with E-state index >= 15 is 0 Å². The standard InChI is InChI=1S/C19H19N3O2S/c23-19(18-12-25-13-21-18)22-6-7-24-11-15(10-22)8-14-3-4-17-16(9-14)2-1-5-20-17/h1-5,9,12-13,15H,6-8,10-11H2/t15-/m1/s1. The first-order valence-electron chi connectivity index (χ1n) is 8.38. The first kappa shape index (κ1) is 16.2. The third-order valence-corrected chi connectivity index (χ3v) is 5.05. The summed E-state index contributed by atoms with van der Waals surface area (Å²) in [6, 6.07) is 10.4. The minimum absolute atomic E-state index is 0.000499. The second-order valence-corrected chi connectivity index (χ2v) is 7.02. The second-order valence-electron chi connectivity index (χ2n) is 6.30. The Labute approximate surface area is 150 Å². The van der Waals surface area contributed by atoms with Crippen LogP contribution in [0.2, 0.25) is 0 Å². The quantitative estimate of drug-likeness (QED) is 0.726. The van der Waals surface area contributed by atoms with Gasteiger partial charge in [-0.3, -0.25) is 9.78 Å². The topological polar surface area (TPSA) is 55.3 Å². The van der Waals surface area contributed by atoms with E-state index in [9.17, 15) is 4.79 Å². The molecule has 128 valence electrons. The summed E-state index contributed by atoms with van der Waals surface area (Å²) in [5.41, 5.74) is 4.48. The van der Waals surface area contributed by atoms with E-state index in [0.717, 1.165) is 17.3 Å². The van der Waals surface area contributed by atoms with Crippen LogP contribution in [0.15, 0.2) is 47.4 Å². The summed E-state index contributed by atoms with van der Waals surface area (Å²) in [5, 5.41) is 2.95. The molecular weight excluding hydrogens is 334 g/mol. The number of hydrogen-bond acceptors (Lipinski definition) is 5. The number of benzene rings is 1. The zero-order chi connectivity index (χ0) is 17.1. The van der Waals surface area contributed by atoms with Crippen LogP contribution in [0.4, 0.5) is 0 Å². The van der Waals surface area contributed by atoms with Gasteiger partial charge in [-0.25, -0.2) is 4.98 Å². The van der Waals surface area contributed by atoms with Crippen LogP contribution >= 0.6 is 11.3 Å². The van der Waals surface area contributed by atoms with E-state index in [4.69, 9.17) is 4.74 Å². The van der Waals surface area contributed by atoms with E-state index in [2.05, 4.69) is 34.2 Å². The van der Waals surface area contributed by atoms with E-state index in [1.807, 2.05) is 17.2 Å². The molecule has 3 heterocycles. The van der Waals surface area contributed by atoms with Gasteiger partial charge in [0.1, 0.15) is 5.69 Å². The lowest BCUT2D eigenvalue weighted by Gasteiger charge is -2.23. The highest BCUT2D eigenvalue weighted by atomic mass is 32.1. The van der Waals surface area contributed by atoms with Crippen molar-refractivity contribution in [2.24, 2.45) is 5.92 Å². The Balaban J connectivity index is 1.49. The van der Waals surface area contributed by atoms with E-state index in [-0.39, 0.29) is 11.8 Å². The van der Waals surface area contributed by atoms with Crippen molar-refractivity contribution in [3.8, 4) is 0 Å². The first-order valence-corrected chi connectivity index (χ1v) is 9.33. The Bertz CT molecular complexity index is 866. The summed E-state index contributed by atoms with van der Waals surface area (Å²) in [4.78, 5) is 23.0. The summed E-state index contributed by atoms with van der Waals surface area (Å²) in [5.74, 6) is 0.277. The Kier molecular flexibility index (Phi) is 4.72. The lowest BCUT2D eigenvalue weighted by atomic mass is 9.98. The summed E-state index contributed by atoms with van der Waals surface area (Å²) < 4.78 is 5.74. The molecule has 1 amide bonds. The molecule has 1 saturated heterocycles. The molecule has 1 aromatic carbocycles.